The first-order valence-corrected chi connectivity index (χ1v) is 9.31. The molecule has 0 radical (unpaired) electrons. The lowest BCUT2D eigenvalue weighted by atomic mass is 10.2. The molecule has 1 aromatic carbocycles. The van der Waals surface area contributed by atoms with Gasteiger partial charge in [0.2, 0.25) is 5.91 Å². The second-order valence-electron chi connectivity index (χ2n) is 6.72. The van der Waals surface area contributed by atoms with Gasteiger partial charge in [-0.25, -0.2) is 4.98 Å². The SMILES string of the molecule is O=C(CCc1ncn[nH]1)Nc1ccc2c(ccn2CCN2CCOCC2)c1. The minimum atomic E-state index is -0.0301. The van der Waals surface area contributed by atoms with Crippen LogP contribution in [0.3, 0.4) is 0 Å². The number of anilines is 1. The number of carbonyl (C=O) groups is 1. The summed E-state index contributed by atoms with van der Waals surface area (Å²) in [4.78, 5) is 18.6. The molecule has 142 valence electrons. The van der Waals surface area contributed by atoms with Crippen LogP contribution in [0.25, 0.3) is 10.9 Å². The Morgan fingerprint density at radius 2 is 2.11 bits per heavy atom. The number of benzene rings is 1. The molecule has 2 N–H and O–H groups in total. The van der Waals surface area contributed by atoms with Crippen LogP contribution in [0.1, 0.15) is 12.2 Å². The van der Waals surface area contributed by atoms with E-state index < -0.39 is 0 Å². The topological polar surface area (TPSA) is 88.1 Å². The van der Waals surface area contributed by atoms with Crippen molar-refractivity contribution in [3.05, 3.63) is 42.6 Å². The van der Waals surface area contributed by atoms with Crippen molar-refractivity contribution in [2.75, 3.05) is 38.2 Å². The van der Waals surface area contributed by atoms with Gasteiger partial charge in [-0.2, -0.15) is 5.10 Å². The summed E-state index contributed by atoms with van der Waals surface area (Å²) in [7, 11) is 0. The van der Waals surface area contributed by atoms with E-state index in [-0.39, 0.29) is 5.91 Å². The van der Waals surface area contributed by atoms with Crippen molar-refractivity contribution in [1.82, 2.24) is 24.6 Å². The van der Waals surface area contributed by atoms with E-state index in [1.807, 2.05) is 12.1 Å². The molecule has 0 unspecified atom stereocenters. The highest BCUT2D eigenvalue weighted by Gasteiger charge is 2.11. The van der Waals surface area contributed by atoms with Crippen molar-refractivity contribution in [2.45, 2.75) is 19.4 Å². The summed E-state index contributed by atoms with van der Waals surface area (Å²) in [6.45, 7) is 5.63. The Balaban J connectivity index is 1.34. The highest BCUT2D eigenvalue weighted by atomic mass is 16.5. The van der Waals surface area contributed by atoms with E-state index in [2.05, 4.69) is 48.3 Å². The number of hydrogen-bond donors (Lipinski definition) is 2. The Bertz CT molecular complexity index is 883. The van der Waals surface area contributed by atoms with E-state index in [4.69, 9.17) is 4.74 Å². The normalized spacial score (nSPS) is 15.3. The lowest BCUT2D eigenvalue weighted by Crippen LogP contribution is -2.38. The molecule has 1 aliphatic heterocycles. The van der Waals surface area contributed by atoms with Crippen molar-refractivity contribution in [1.29, 1.82) is 0 Å². The molecule has 2 aromatic heterocycles. The molecular weight excluding hydrogens is 344 g/mol. The average molecular weight is 368 g/mol. The first-order chi connectivity index (χ1) is 13.3. The molecule has 27 heavy (non-hydrogen) atoms. The van der Waals surface area contributed by atoms with Crippen LogP contribution >= 0.6 is 0 Å². The molecule has 1 fully saturated rings. The quantitative estimate of drug-likeness (QED) is 0.662. The predicted octanol–water partition coefficient (Wildman–Crippen LogP) is 1.66. The first-order valence-electron chi connectivity index (χ1n) is 9.31. The second-order valence-corrected chi connectivity index (χ2v) is 6.72. The van der Waals surface area contributed by atoms with Gasteiger partial charge in [0.05, 0.1) is 13.2 Å². The van der Waals surface area contributed by atoms with Crippen LogP contribution in [0.15, 0.2) is 36.8 Å². The van der Waals surface area contributed by atoms with Gasteiger partial charge in [-0.1, -0.05) is 0 Å². The van der Waals surface area contributed by atoms with Gasteiger partial charge in [-0.15, -0.1) is 0 Å². The number of nitrogens with one attached hydrogen (secondary N) is 2. The highest BCUT2D eigenvalue weighted by molar-refractivity contribution is 5.94. The summed E-state index contributed by atoms with van der Waals surface area (Å²) in [5.41, 5.74) is 2.00. The van der Waals surface area contributed by atoms with Crippen LogP contribution < -0.4 is 5.32 Å². The van der Waals surface area contributed by atoms with Crippen molar-refractivity contribution in [2.24, 2.45) is 0 Å². The third kappa shape index (κ3) is 4.53. The van der Waals surface area contributed by atoms with Crippen molar-refractivity contribution >= 4 is 22.5 Å². The fourth-order valence-electron chi connectivity index (χ4n) is 3.35. The lowest BCUT2D eigenvalue weighted by molar-refractivity contribution is -0.116. The summed E-state index contributed by atoms with van der Waals surface area (Å²) >= 11 is 0. The zero-order valence-corrected chi connectivity index (χ0v) is 15.2. The van der Waals surface area contributed by atoms with E-state index >= 15 is 0 Å². The minimum Gasteiger partial charge on any atom is -0.379 e. The zero-order valence-electron chi connectivity index (χ0n) is 15.2. The third-order valence-electron chi connectivity index (χ3n) is 4.87. The number of hydrogen-bond acceptors (Lipinski definition) is 5. The van der Waals surface area contributed by atoms with Gasteiger partial charge < -0.3 is 14.6 Å². The van der Waals surface area contributed by atoms with Gasteiger partial charge in [0.1, 0.15) is 12.2 Å². The maximum absolute atomic E-state index is 12.1. The monoisotopic (exact) mass is 368 g/mol. The number of ether oxygens (including phenoxy) is 1. The summed E-state index contributed by atoms with van der Waals surface area (Å²) in [6.07, 6.45) is 4.48. The number of H-pyrrole nitrogens is 1. The fraction of sp³-hybridized carbons (Fsp3) is 0.421. The van der Waals surface area contributed by atoms with E-state index in [0.717, 1.165) is 56.3 Å². The van der Waals surface area contributed by atoms with Crippen LogP contribution in [0.4, 0.5) is 5.69 Å². The zero-order chi connectivity index (χ0) is 18.5. The number of aryl methyl sites for hydroxylation is 1. The molecule has 1 saturated heterocycles. The van der Waals surface area contributed by atoms with Crippen LogP contribution in [-0.4, -0.2) is 63.4 Å². The summed E-state index contributed by atoms with van der Waals surface area (Å²) in [5.74, 6) is 0.690. The molecule has 0 spiro atoms. The molecule has 3 heterocycles. The van der Waals surface area contributed by atoms with Gasteiger partial charge >= 0.3 is 0 Å². The largest absolute Gasteiger partial charge is 0.379 e. The molecule has 4 rings (SSSR count). The molecule has 0 saturated carbocycles. The Morgan fingerprint density at radius 3 is 2.93 bits per heavy atom. The minimum absolute atomic E-state index is 0.0301. The van der Waals surface area contributed by atoms with Crippen molar-refractivity contribution in [3.63, 3.8) is 0 Å². The highest BCUT2D eigenvalue weighted by Crippen LogP contribution is 2.21. The Hall–Kier alpha value is -2.71. The lowest BCUT2D eigenvalue weighted by Gasteiger charge is -2.26. The molecule has 8 heteroatoms. The molecule has 8 nitrogen and oxygen atoms in total. The van der Waals surface area contributed by atoms with Crippen molar-refractivity contribution in [3.8, 4) is 0 Å². The van der Waals surface area contributed by atoms with E-state index in [1.54, 1.807) is 0 Å². The molecule has 0 atom stereocenters. The van der Waals surface area contributed by atoms with Crippen LogP contribution in [0, 0.1) is 0 Å². The molecule has 3 aromatic rings. The smallest absolute Gasteiger partial charge is 0.224 e. The number of morpholine rings is 1. The molecular formula is C19H24N6O2. The summed E-state index contributed by atoms with van der Waals surface area (Å²) in [6, 6.07) is 8.15. The Labute approximate surface area is 157 Å². The predicted molar refractivity (Wildman–Crippen MR) is 103 cm³/mol. The maximum atomic E-state index is 12.1. The number of aromatic amines is 1. The van der Waals surface area contributed by atoms with E-state index in [1.165, 1.54) is 11.8 Å². The Kier molecular flexibility index (Phi) is 5.45. The number of amides is 1. The van der Waals surface area contributed by atoms with Crippen molar-refractivity contribution < 1.29 is 9.53 Å². The maximum Gasteiger partial charge on any atom is 0.224 e. The van der Waals surface area contributed by atoms with Gasteiger partial charge in [0.25, 0.3) is 0 Å². The van der Waals surface area contributed by atoms with Gasteiger partial charge in [0.15, 0.2) is 0 Å². The van der Waals surface area contributed by atoms with Crippen LogP contribution in [0.5, 0.6) is 0 Å². The van der Waals surface area contributed by atoms with E-state index in [0.29, 0.717) is 12.8 Å². The number of aromatic nitrogens is 4. The fourth-order valence-corrected chi connectivity index (χ4v) is 3.35. The van der Waals surface area contributed by atoms with Crippen LogP contribution in [-0.2, 0) is 22.5 Å². The van der Waals surface area contributed by atoms with Crippen LogP contribution in [0.2, 0.25) is 0 Å². The Morgan fingerprint density at radius 1 is 1.22 bits per heavy atom. The standard InChI is InChI=1S/C19H24N6O2/c26-19(4-3-18-20-14-21-23-18)22-16-1-2-17-15(13-16)5-6-25(17)8-7-24-9-11-27-12-10-24/h1-2,5-6,13-14H,3-4,7-12H2,(H,22,26)(H,20,21,23). The number of fused-ring (bicyclic) bond motifs is 1. The number of nitrogens with zero attached hydrogens (tertiary/aromatic N) is 4. The van der Waals surface area contributed by atoms with Gasteiger partial charge in [-0.05, 0) is 24.3 Å². The number of carbonyl (C=O) groups excluding carboxylic acids is 1. The summed E-state index contributed by atoms with van der Waals surface area (Å²) in [5, 5.41) is 10.6. The molecule has 0 aliphatic carbocycles. The van der Waals surface area contributed by atoms with Gasteiger partial charge in [0, 0.05) is 61.8 Å². The third-order valence-corrected chi connectivity index (χ3v) is 4.87. The summed E-state index contributed by atoms with van der Waals surface area (Å²) < 4.78 is 7.66. The average Bonchev–Trinajstić information content (AvgIpc) is 3.35. The molecule has 0 bridgehead atoms. The molecule has 1 aliphatic rings. The molecule has 1 amide bonds. The van der Waals surface area contributed by atoms with Gasteiger partial charge in [-0.3, -0.25) is 14.8 Å². The van der Waals surface area contributed by atoms with E-state index in [9.17, 15) is 4.79 Å². The number of rotatable bonds is 7. The second kappa shape index (κ2) is 8.32. The first kappa shape index (κ1) is 17.7.